The van der Waals surface area contributed by atoms with Crippen molar-refractivity contribution in [3.05, 3.63) is 65.0 Å². The number of fused-ring (bicyclic) bond motifs is 1. The third kappa shape index (κ3) is 6.32. The number of aromatic nitrogens is 2. The highest BCUT2D eigenvalue weighted by atomic mass is 32.1. The number of alkyl halides is 5. The molecule has 1 saturated heterocycles. The van der Waals surface area contributed by atoms with E-state index in [1.165, 1.54) is 28.4 Å². The number of nitrogens with one attached hydrogen (secondary N) is 1. The predicted molar refractivity (Wildman–Crippen MR) is 139 cm³/mol. The molecule has 0 amide bonds. The smallest absolute Gasteiger partial charge is 0.406 e. The first-order chi connectivity index (χ1) is 18.0. The van der Waals surface area contributed by atoms with Crippen LogP contribution >= 0.6 is 11.3 Å². The highest BCUT2D eigenvalue weighted by molar-refractivity contribution is 7.18. The SMILES string of the molecule is Cc1cc2c(NCCCc3ccc(-c4ccc(OC(F)(F)F)cc4)cc3)nc(N3CCC(F)(F)C3)nc2s1. The number of hydrogen-bond acceptors (Lipinski definition) is 6. The molecule has 200 valence electrons. The molecular weight excluding hydrogens is 523 g/mol. The van der Waals surface area contributed by atoms with Crippen LogP contribution in [0.5, 0.6) is 5.75 Å². The van der Waals surface area contributed by atoms with E-state index >= 15 is 0 Å². The van der Waals surface area contributed by atoms with Crippen molar-refractivity contribution in [3.8, 4) is 16.9 Å². The van der Waals surface area contributed by atoms with Crippen LogP contribution in [0.1, 0.15) is 23.3 Å². The summed E-state index contributed by atoms with van der Waals surface area (Å²) in [5.74, 6) is -2.00. The molecule has 0 radical (unpaired) electrons. The van der Waals surface area contributed by atoms with Gasteiger partial charge in [-0.2, -0.15) is 4.98 Å². The Labute approximate surface area is 220 Å². The Hall–Kier alpha value is -3.47. The Morgan fingerprint density at radius 2 is 1.71 bits per heavy atom. The fraction of sp³-hybridized carbons (Fsp3) is 0.333. The van der Waals surface area contributed by atoms with Gasteiger partial charge in [-0.1, -0.05) is 36.4 Å². The van der Waals surface area contributed by atoms with Gasteiger partial charge in [0.1, 0.15) is 16.4 Å². The summed E-state index contributed by atoms with van der Waals surface area (Å²) in [5, 5.41) is 4.25. The van der Waals surface area contributed by atoms with Crippen LogP contribution in [0, 0.1) is 6.92 Å². The number of anilines is 2. The molecule has 0 atom stereocenters. The first-order valence-electron chi connectivity index (χ1n) is 12.1. The van der Waals surface area contributed by atoms with Gasteiger partial charge in [0.2, 0.25) is 5.95 Å². The van der Waals surface area contributed by atoms with Gasteiger partial charge in [0, 0.05) is 24.4 Å². The fourth-order valence-electron chi connectivity index (χ4n) is 4.43. The van der Waals surface area contributed by atoms with Crippen LogP contribution in [0.15, 0.2) is 54.6 Å². The van der Waals surface area contributed by atoms with Gasteiger partial charge in [-0.15, -0.1) is 24.5 Å². The van der Waals surface area contributed by atoms with Crippen LogP contribution < -0.4 is 15.0 Å². The molecule has 1 aliphatic heterocycles. The van der Waals surface area contributed by atoms with E-state index in [1.807, 2.05) is 37.3 Å². The molecule has 0 unspecified atom stereocenters. The van der Waals surface area contributed by atoms with Crippen molar-refractivity contribution in [2.75, 3.05) is 29.9 Å². The summed E-state index contributed by atoms with van der Waals surface area (Å²) in [6, 6.07) is 15.6. The Bertz CT molecular complexity index is 1400. The second-order valence-electron chi connectivity index (χ2n) is 9.28. The molecule has 5 nitrogen and oxygen atoms in total. The van der Waals surface area contributed by atoms with E-state index in [-0.39, 0.29) is 25.3 Å². The van der Waals surface area contributed by atoms with E-state index in [0.29, 0.717) is 18.3 Å². The van der Waals surface area contributed by atoms with Crippen LogP contribution in [0.3, 0.4) is 0 Å². The monoisotopic (exact) mass is 548 g/mol. The molecule has 0 aliphatic carbocycles. The van der Waals surface area contributed by atoms with Crippen molar-refractivity contribution in [2.45, 2.75) is 38.5 Å². The lowest BCUT2D eigenvalue weighted by atomic mass is 10.0. The molecular formula is C27H25F5N4OS. The van der Waals surface area contributed by atoms with Crippen molar-refractivity contribution >= 4 is 33.3 Å². The van der Waals surface area contributed by atoms with E-state index in [2.05, 4.69) is 20.0 Å². The summed E-state index contributed by atoms with van der Waals surface area (Å²) in [6.07, 6.45) is -3.30. The van der Waals surface area contributed by atoms with Gasteiger partial charge in [0.05, 0.1) is 11.9 Å². The lowest BCUT2D eigenvalue weighted by Gasteiger charge is -2.17. The van der Waals surface area contributed by atoms with Crippen molar-refractivity contribution < 1.29 is 26.7 Å². The Morgan fingerprint density at radius 1 is 1.03 bits per heavy atom. The minimum Gasteiger partial charge on any atom is -0.406 e. The number of rotatable bonds is 8. The highest BCUT2D eigenvalue weighted by Gasteiger charge is 2.39. The normalized spacial score (nSPS) is 15.3. The molecule has 1 aliphatic rings. The molecule has 5 rings (SSSR count). The van der Waals surface area contributed by atoms with Gasteiger partial charge in [0.25, 0.3) is 5.92 Å². The van der Waals surface area contributed by atoms with Crippen LogP contribution in [0.25, 0.3) is 21.3 Å². The number of thiophene rings is 1. The maximum absolute atomic E-state index is 13.7. The molecule has 0 spiro atoms. The van der Waals surface area contributed by atoms with Crippen molar-refractivity contribution in [1.82, 2.24) is 9.97 Å². The van der Waals surface area contributed by atoms with Gasteiger partial charge in [-0.25, -0.2) is 13.8 Å². The van der Waals surface area contributed by atoms with E-state index < -0.39 is 12.3 Å². The number of halogens is 5. The Balaban J connectivity index is 1.19. The zero-order valence-corrected chi connectivity index (χ0v) is 21.3. The molecule has 0 bridgehead atoms. The van der Waals surface area contributed by atoms with Crippen molar-refractivity contribution in [3.63, 3.8) is 0 Å². The molecule has 3 heterocycles. The molecule has 2 aromatic carbocycles. The maximum Gasteiger partial charge on any atom is 0.573 e. The first-order valence-corrected chi connectivity index (χ1v) is 13.0. The molecule has 4 aromatic rings. The second kappa shape index (κ2) is 10.4. The molecule has 38 heavy (non-hydrogen) atoms. The summed E-state index contributed by atoms with van der Waals surface area (Å²) in [6.45, 7) is 2.47. The number of aryl methyl sites for hydroxylation is 2. The zero-order chi connectivity index (χ0) is 26.9. The zero-order valence-electron chi connectivity index (χ0n) is 20.5. The van der Waals surface area contributed by atoms with Crippen LogP contribution in [-0.2, 0) is 6.42 Å². The molecule has 0 saturated carbocycles. The van der Waals surface area contributed by atoms with Crippen LogP contribution in [0.4, 0.5) is 33.7 Å². The average molecular weight is 549 g/mol. The molecule has 1 N–H and O–H groups in total. The van der Waals surface area contributed by atoms with Gasteiger partial charge in [0.15, 0.2) is 0 Å². The van der Waals surface area contributed by atoms with Crippen molar-refractivity contribution in [1.29, 1.82) is 0 Å². The van der Waals surface area contributed by atoms with Gasteiger partial charge < -0.3 is 15.0 Å². The van der Waals surface area contributed by atoms with E-state index in [1.54, 1.807) is 12.1 Å². The molecule has 11 heteroatoms. The van der Waals surface area contributed by atoms with Crippen LogP contribution in [0.2, 0.25) is 0 Å². The minimum atomic E-state index is -4.71. The summed E-state index contributed by atoms with van der Waals surface area (Å²) in [7, 11) is 0. The third-order valence-corrected chi connectivity index (χ3v) is 7.21. The highest BCUT2D eigenvalue weighted by Crippen LogP contribution is 2.34. The van der Waals surface area contributed by atoms with E-state index in [0.717, 1.165) is 44.6 Å². The van der Waals surface area contributed by atoms with Gasteiger partial charge in [-0.05, 0) is 54.7 Å². The number of benzene rings is 2. The lowest BCUT2D eigenvalue weighted by molar-refractivity contribution is -0.274. The summed E-state index contributed by atoms with van der Waals surface area (Å²) in [5.41, 5.74) is 2.80. The van der Waals surface area contributed by atoms with E-state index in [4.69, 9.17) is 0 Å². The topological polar surface area (TPSA) is 50.3 Å². The Morgan fingerprint density at radius 3 is 2.34 bits per heavy atom. The van der Waals surface area contributed by atoms with Crippen LogP contribution in [-0.4, -0.2) is 41.9 Å². The predicted octanol–water partition coefficient (Wildman–Crippen LogP) is 7.46. The lowest BCUT2D eigenvalue weighted by Crippen LogP contribution is -2.26. The van der Waals surface area contributed by atoms with Gasteiger partial charge >= 0.3 is 6.36 Å². The summed E-state index contributed by atoms with van der Waals surface area (Å²) in [4.78, 5) is 12.5. The van der Waals surface area contributed by atoms with E-state index in [9.17, 15) is 22.0 Å². The number of hydrogen-bond donors (Lipinski definition) is 1. The third-order valence-electron chi connectivity index (χ3n) is 6.27. The Kier molecular flexibility index (Phi) is 7.13. The average Bonchev–Trinajstić information content (AvgIpc) is 3.42. The van der Waals surface area contributed by atoms with Crippen molar-refractivity contribution in [2.24, 2.45) is 0 Å². The second-order valence-corrected chi connectivity index (χ2v) is 10.5. The number of ether oxygens (including phenoxy) is 1. The summed E-state index contributed by atoms with van der Waals surface area (Å²) >= 11 is 1.52. The number of nitrogens with zero attached hydrogens (tertiary/aromatic N) is 3. The standard InChI is InChI=1S/C27H25F5N4OS/c1-17-15-22-23(34-25(35-24(22)38-17)36-14-12-26(28,29)16-36)33-13-2-3-18-4-6-19(7-5-18)20-8-10-21(11-9-20)37-27(30,31)32/h4-11,15H,2-3,12-14,16H2,1H3,(H,33,34,35). The minimum absolute atomic E-state index is 0.197. The fourth-order valence-corrected chi connectivity index (χ4v) is 5.30. The largest absolute Gasteiger partial charge is 0.573 e. The first kappa shape index (κ1) is 26.1. The quantitative estimate of drug-likeness (QED) is 0.183. The maximum atomic E-state index is 13.7. The van der Waals surface area contributed by atoms with Gasteiger partial charge in [-0.3, -0.25) is 0 Å². The molecule has 2 aromatic heterocycles. The molecule has 1 fully saturated rings. The summed E-state index contributed by atoms with van der Waals surface area (Å²) < 4.78 is 68.5.